The molecule has 0 aliphatic heterocycles. The molecule has 30 heavy (non-hydrogen) atoms. The molecule has 0 bridgehead atoms. The smallest absolute Gasteiger partial charge is 0.460 e. The second kappa shape index (κ2) is 7.15. The summed E-state index contributed by atoms with van der Waals surface area (Å²) in [5.74, 6) is -15.5. The Balaban J connectivity index is 2.31. The predicted molar refractivity (Wildman–Crippen MR) is 92.1 cm³/mol. The van der Waals surface area contributed by atoms with E-state index in [-0.39, 0.29) is 21.6 Å². The van der Waals surface area contributed by atoms with Gasteiger partial charge in [-0.2, -0.15) is 30.7 Å². The molecule has 3 rings (SSSR count). The summed E-state index contributed by atoms with van der Waals surface area (Å²) >= 11 is 5.96. The summed E-state index contributed by atoms with van der Waals surface area (Å²) in [5.41, 5.74) is -1.05. The first kappa shape index (κ1) is 21.9. The van der Waals surface area contributed by atoms with Gasteiger partial charge in [-0.3, -0.25) is 0 Å². The zero-order valence-corrected chi connectivity index (χ0v) is 15.3. The van der Waals surface area contributed by atoms with Crippen molar-refractivity contribution in [2.24, 2.45) is 0 Å². The van der Waals surface area contributed by atoms with Crippen molar-refractivity contribution in [2.45, 2.75) is 24.6 Å². The summed E-state index contributed by atoms with van der Waals surface area (Å²) < 4.78 is 94.8. The Hall–Kier alpha value is -2.82. The fraction of sp³-hybridized carbons (Fsp3) is 0.222. The zero-order chi connectivity index (χ0) is 22.5. The van der Waals surface area contributed by atoms with Gasteiger partial charge in [0.2, 0.25) is 0 Å². The number of imidazole rings is 1. The van der Waals surface area contributed by atoms with Gasteiger partial charge in [-0.1, -0.05) is 29.8 Å². The number of halogens is 8. The van der Waals surface area contributed by atoms with Crippen LogP contribution in [0.4, 0.5) is 30.7 Å². The van der Waals surface area contributed by atoms with E-state index < -0.39 is 41.9 Å². The van der Waals surface area contributed by atoms with E-state index in [1.165, 1.54) is 24.3 Å². The summed E-state index contributed by atoms with van der Waals surface area (Å²) in [6.07, 6.45) is -6.56. The number of hydrogen-bond donors (Lipinski definition) is 1. The molecule has 0 amide bonds. The third-order valence-electron chi connectivity index (χ3n) is 4.31. The Morgan fingerprint density at radius 2 is 1.67 bits per heavy atom. The molecule has 0 fully saturated rings. The van der Waals surface area contributed by atoms with E-state index in [2.05, 4.69) is 4.98 Å². The topological polar surface area (TPSA) is 55.1 Å². The summed E-state index contributed by atoms with van der Waals surface area (Å²) in [5, 5.41) is 9.14. The van der Waals surface area contributed by atoms with E-state index in [0.717, 1.165) is 18.2 Å². The summed E-state index contributed by atoms with van der Waals surface area (Å²) in [7, 11) is 0. The Morgan fingerprint density at radius 1 is 1.03 bits per heavy atom. The molecular formula is C18H10ClF7N2O2. The summed E-state index contributed by atoms with van der Waals surface area (Å²) in [4.78, 5) is 14.5. The number of aromatic carboxylic acids is 1. The van der Waals surface area contributed by atoms with E-state index in [0.29, 0.717) is 4.57 Å². The fourth-order valence-electron chi connectivity index (χ4n) is 2.77. The molecule has 0 atom stereocenters. The SMILES string of the molecule is O=C(O)c1ccc2nc(C(F)(F)C(F)(F)C(F)(F)F)n(Cc3ccccc3Cl)c2c1. The lowest BCUT2D eigenvalue weighted by Crippen LogP contribution is -2.51. The number of carbonyl (C=O) groups is 1. The summed E-state index contributed by atoms with van der Waals surface area (Å²) in [6.45, 7) is -0.655. The van der Waals surface area contributed by atoms with Crippen LogP contribution in [0.3, 0.4) is 0 Å². The minimum atomic E-state index is -6.56. The second-order valence-corrected chi connectivity index (χ2v) is 6.68. The molecule has 0 saturated carbocycles. The zero-order valence-electron chi connectivity index (χ0n) is 14.5. The van der Waals surface area contributed by atoms with Gasteiger partial charge >= 0.3 is 24.0 Å². The third-order valence-corrected chi connectivity index (χ3v) is 4.68. The molecule has 1 aromatic heterocycles. The van der Waals surface area contributed by atoms with E-state index in [1.807, 2.05) is 0 Å². The first-order chi connectivity index (χ1) is 13.8. The third kappa shape index (κ3) is 3.47. The van der Waals surface area contributed by atoms with Crippen LogP contribution < -0.4 is 0 Å². The first-order valence-electron chi connectivity index (χ1n) is 8.07. The minimum Gasteiger partial charge on any atom is -0.478 e. The van der Waals surface area contributed by atoms with Crippen molar-refractivity contribution in [3.8, 4) is 0 Å². The van der Waals surface area contributed by atoms with Crippen LogP contribution in [0.2, 0.25) is 5.02 Å². The number of benzene rings is 2. The lowest BCUT2D eigenvalue weighted by molar-refractivity contribution is -0.361. The van der Waals surface area contributed by atoms with Crippen molar-refractivity contribution in [1.82, 2.24) is 9.55 Å². The van der Waals surface area contributed by atoms with Gasteiger partial charge in [-0.25, -0.2) is 9.78 Å². The fourth-order valence-corrected chi connectivity index (χ4v) is 2.97. The molecule has 0 aliphatic carbocycles. The van der Waals surface area contributed by atoms with Crippen LogP contribution in [0.25, 0.3) is 11.0 Å². The predicted octanol–water partition coefficient (Wildman–Crippen LogP) is 5.73. The average Bonchev–Trinajstić information content (AvgIpc) is 3.01. The maximum atomic E-state index is 14.5. The van der Waals surface area contributed by atoms with Gasteiger partial charge in [0.05, 0.1) is 23.1 Å². The number of aromatic nitrogens is 2. The highest BCUT2D eigenvalue weighted by atomic mass is 35.5. The van der Waals surface area contributed by atoms with Gasteiger partial charge in [-0.05, 0) is 29.8 Å². The molecule has 0 spiro atoms. The van der Waals surface area contributed by atoms with Crippen LogP contribution in [0.5, 0.6) is 0 Å². The molecule has 2 aromatic carbocycles. The number of nitrogens with zero attached hydrogens (tertiary/aromatic N) is 2. The van der Waals surface area contributed by atoms with Crippen molar-refractivity contribution in [2.75, 3.05) is 0 Å². The van der Waals surface area contributed by atoms with Crippen LogP contribution in [0, 0.1) is 0 Å². The maximum Gasteiger partial charge on any atom is 0.460 e. The van der Waals surface area contributed by atoms with Crippen LogP contribution in [0.15, 0.2) is 42.5 Å². The van der Waals surface area contributed by atoms with E-state index in [4.69, 9.17) is 16.7 Å². The van der Waals surface area contributed by atoms with Gasteiger partial charge in [-0.15, -0.1) is 0 Å². The number of carboxylic acids is 1. The largest absolute Gasteiger partial charge is 0.478 e. The quantitative estimate of drug-likeness (QED) is 0.501. The van der Waals surface area contributed by atoms with Gasteiger partial charge < -0.3 is 9.67 Å². The Bertz CT molecular complexity index is 1130. The highest BCUT2D eigenvalue weighted by Gasteiger charge is 2.75. The lowest BCUT2D eigenvalue weighted by atomic mass is 10.1. The molecule has 160 valence electrons. The van der Waals surface area contributed by atoms with Crippen LogP contribution >= 0.6 is 11.6 Å². The van der Waals surface area contributed by atoms with Crippen molar-refractivity contribution < 1.29 is 40.6 Å². The Morgan fingerprint density at radius 3 is 2.23 bits per heavy atom. The van der Waals surface area contributed by atoms with Crippen molar-refractivity contribution in [1.29, 1.82) is 0 Å². The standard InChI is InChI=1S/C18H10ClF7N2O2/c19-11-4-2-1-3-10(11)8-28-13-7-9(14(29)30)5-6-12(13)27-15(28)16(20,21)17(22,23)18(24,25)26/h1-7H,8H2,(H,29,30). The molecule has 0 saturated heterocycles. The molecule has 3 aromatic rings. The molecular weight excluding hydrogens is 445 g/mol. The van der Waals surface area contributed by atoms with Gasteiger partial charge in [0.1, 0.15) is 0 Å². The Kier molecular flexibility index (Phi) is 5.21. The highest BCUT2D eigenvalue weighted by molar-refractivity contribution is 6.31. The molecule has 1 heterocycles. The van der Waals surface area contributed by atoms with Gasteiger partial charge in [0, 0.05) is 5.02 Å². The van der Waals surface area contributed by atoms with Crippen LogP contribution in [-0.2, 0) is 12.5 Å². The van der Waals surface area contributed by atoms with E-state index in [1.54, 1.807) is 0 Å². The second-order valence-electron chi connectivity index (χ2n) is 6.27. The monoisotopic (exact) mass is 454 g/mol. The highest BCUT2D eigenvalue weighted by Crippen LogP contribution is 2.52. The normalized spacial score (nSPS) is 13.1. The number of carboxylic acid groups (broad SMARTS) is 1. The van der Waals surface area contributed by atoms with E-state index >= 15 is 0 Å². The molecule has 1 N–H and O–H groups in total. The number of fused-ring (bicyclic) bond motifs is 1. The van der Waals surface area contributed by atoms with Crippen LogP contribution in [0.1, 0.15) is 21.7 Å². The molecule has 12 heteroatoms. The molecule has 0 unspecified atom stereocenters. The van der Waals surface area contributed by atoms with Crippen LogP contribution in [-0.4, -0.2) is 32.7 Å². The maximum absolute atomic E-state index is 14.5. The molecule has 0 radical (unpaired) electrons. The average molecular weight is 455 g/mol. The van der Waals surface area contributed by atoms with Gasteiger partial charge in [0.15, 0.2) is 5.82 Å². The molecule has 4 nitrogen and oxygen atoms in total. The molecule has 0 aliphatic rings. The van der Waals surface area contributed by atoms with Gasteiger partial charge in [0.25, 0.3) is 0 Å². The minimum absolute atomic E-state index is 0.0330. The van der Waals surface area contributed by atoms with Crippen molar-refractivity contribution >= 4 is 28.6 Å². The first-order valence-corrected chi connectivity index (χ1v) is 8.45. The lowest BCUT2D eigenvalue weighted by Gasteiger charge is -2.28. The van der Waals surface area contributed by atoms with Crippen molar-refractivity contribution in [3.63, 3.8) is 0 Å². The van der Waals surface area contributed by atoms with E-state index in [9.17, 15) is 35.5 Å². The number of rotatable bonds is 5. The number of hydrogen-bond acceptors (Lipinski definition) is 2. The van der Waals surface area contributed by atoms with Crippen molar-refractivity contribution in [3.05, 3.63) is 64.4 Å². The Labute approximate surface area is 168 Å². The number of alkyl halides is 7. The summed E-state index contributed by atoms with van der Waals surface area (Å²) in [6, 6.07) is 8.40.